The fourth-order valence-electron chi connectivity index (χ4n) is 3.64. The third-order valence-electron chi connectivity index (χ3n) is 5.84. The van der Waals surface area contributed by atoms with Crippen LogP contribution in [-0.2, 0) is 6.61 Å². The van der Waals surface area contributed by atoms with Crippen molar-refractivity contribution in [2.45, 2.75) is 32.8 Å². The first-order chi connectivity index (χ1) is 18.1. The third-order valence-corrected chi connectivity index (χ3v) is 7.51. The molecule has 3 aromatic carbocycles. The summed E-state index contributed by atoms with van der Waals surface area (Å²) in [6.45, 7) is 3.95. The second-order valence-electron chi connectivity index (χ2n) is 8.43. The lowest BCUT2D eigenvalue weighted by molar-refractivity contribution is -0.386. The van der Waals surface area contributed by atoms with E-state index in [0.717, 1.165) is 10.9 Å². The Morgan fingerprint density at radius 3 is 2.63 bits per heavy atom. The predicted octanol–water partition coefficient (Wildman–Crippen LogP) is 8.11. The van der Waals surface area contributed by atoms with Crippen LogP contribution < -0.4 is 10.3 Å². The van der Waals surface area contributed by atoms with Gasteiger partial charge in [0.05, 0.1) is 26.5 Å². The summed E-state index contributed by atoms with van der Waals surface area (Å²) >= 11 is 18.9. The van der Waals surface area contributed by atoms with Gasteiger partial charge in [-0.2, -0.15) is 9.78 Å². The largest absolute Gasteiger partial charge is 0.481 e. The maximum absolute atomic E-state index is 13.3. The molecule has 12 heteroatoms. The first-order valence-corrected chi connectivity index (χ1v) is 13.7. The number of ether oxygens (including phenoxy) is 1. The predicted molar refractivity (Wildman–Crippen MR) is 157 cm³/mol. The summed E-state index contributed by atoms with van der Waals surface area (Å²) in [5, 5.41) is 17.5. The molecule has 0 unspecified atom stereocenters. The Labute approximate surface area is 244 Å². The van der Waals surface area contributed by atoms with Gasteiger partial charge in [0.25, 0.3) is 5.56 Å². The van der Waals surface area contributed by atoms with Gasteiger partial charge in [0.15, 0.2) is 0 Å². The fraction of sp³-hybridized carbons (Fsp3) is 0.192. The molecule has 0 amide bonds. The molecule has 8 nitrogen and oxygen atoms in total. The molecule has 0 spiro atoms. The molecule has 0 fully saturated rings. The van der Waals surface area contributed by atoms with Crippen LogP contribution >= 0.6 is 55.1 Å². The van der Waals surface area contributed by atoms with Crippen molar-refractivity contribution in [2.24, 2.45) is 5.10 Å². The number of nitrogens with zero attached hydrogens (tertiary/aromatic N) is 4. The Morgan fingerprint density at radius 1 is 1.18 bits per heavy atom. The smallest absolute Gasteiger partial charge is 0.312 e. The minimum Gasteiger partial charge on any atom is -0.481 e. The minimum absolute atomic E-state index is 0.00510. The number of hydrogen-bond acceptors (Lipinski definition) is 6. The zero-order valence-corrected chi connectivity index (χ0v) is 24.8. The van der Waals surface area contributed by atoms with Crippen LogP contribution in [0.3, 0.4) is 0 Å². The van der Waals surface area contributed by atoms with E-state index < -0.39 is 4.92 Å². The van der Waals surface area contributed by atoms with Gasteiger partial charge in [-0.3, -0.25) is 14.9 Å². The average Bonchev–Trinajstić information content (AvgIpc) is 2.87. The SMILES string of the molecule is CC[C@@H](C)c1nc2ccc(Br)cc2c(=O)n1N=Cc1cc(Br)c(OCc2ccc(Cl)cc2Cl)c([N+](=O)[O-])c1. The monoisotopic (exact) mass is 680 g/mol. The number of aromatic nitrogens is 2. The van der Waals surface area contributed by atoms with Crippen molar-refractivity contribution in [3.63, 3.8) is 0 Å². The molecule has 0 N–H and O–H groups in total. The van der Waals surface area contributed by atoms with Crippen LogP contribution in [0.15, 0.2) is 67.4 Å². The summed E-state index contributed by atoms with van der Waals surface area (Å²) in [4.78, 5) is 29.4. The number of nitro benzene ring substituents is 1. The first kappa shape index (κ1) is 28.2. The Bertz CT molecular complexity index is 1640. The van der Waals surface area contributed by atoms with E-state index in [9.17, 15) is 14.9 Å². The van der Waals surface area contributed by atoms with E-state index in [0.29, 0.717) is 42.4 Å². The summed E-state index contributed by atoms with van der Waals surface area (Å²) in [6, 6.07) is 13.2. The Kier molecular flexibility index (Phi) is 8.87. The lowest BCUT2D eigenvalue weighted by Crippen LogP contribution is -2.23. The fourth-order valence-corrected chi connectivity index (χ4v) is 5.05. The van der Waals surface area contributed by atoms with Crippen LogP contribution in [0.2, 0.25) is 10.0 Å². The van der Waals surface area contributed by atoms with Crippen LogP contribution in [0.5, 0.6) is 5.75 Å². The standard InChI is InChI=1S/C26H20Br2Cl2N4O4/c1-3-14(2)25-32-22-7-5-17(27)10-19(22)26(35)33(25)31-12-15-8-20(28)24(23(9-15)34(36)37)38-13-16-4-6-18(29)11-21(16)30/h4-12,14H,3,13H2,1-2H3/t14-/m1/s1. The number of rotatable bonds is 8. The Morgan fingerprint density at radius 2 is 1.95 bits per heavy atom. The Hall–Kier alpha value is -2.79. The van der Waals surface area contributed by atoms with Gasteiger partial charge < -0.3 is 4.74 Å². The van der Waals surface area contributed by atoms with Crippen molar-refractivity contribution in [1.29, 1.82) is 0 Å². The number of hydrogen-bond donors (Lipinski definition) is 0. The van der Waals surface area contributed by atoms with Gasteiger partial charge in [-0.15, -0.1) is 0 Å². The number of nitro groups is 1. The molecule has 0 aliphatic carbocycles. The molecule has 0 saturated heterocycles. The highest BCUT2D eigenvalue weighted by Gasteiger charge is 2.21. The van der Waals surface area contributed by atoms with Crippen molar-refractivity contribution in [3.05, 3.63) is 105 Å². The summed E-state index contributed by atoms with van der Waals surface area (Å²) in [5.74, 6) is 0.481. The van der Waals surface area contributed by atoms with Gasteiger partial charge in [0, 0.05) is 37.6 Å². The lowest BCUT2D eigenvalue weighted by Gasteiger charge is -2.14. The normalized spacial score (nSPS) is 12.3. The molecule has 38 heavy (non-hydrogen) atoms. The molecule has 4 aromatic rings. The summed E-state index contributed by atoms with van der Waals surface area (Å²) in [5.41, 5.74) is 0.963. The highest BCUT2D eigenvalue weighted by molar-refractivity contribution is 9.10. The van der Waals surface area contributed by atoms with Crippen LogP contribution in [0.25, 0.3) is 10.9 Å². The maximum atomic E-state index is 13.3. The molecule has 1 atom stereocenters. The van der Waals surface area contributed by atoms with Crippen molar-refractivity contribution in [2.75, 3.05) is 0 Å². The molecule has 0 saturated carbocycles. The maximum Gasteiger partial charge on any atom is 0.312 e. The van der Waals surface area contributed by atoms with Crippen molar-refractivity contribution in [3.8, 4) is 5.75 Å². The molecule has 0 aliphatic rings. The van der Waals surface area contributed by atoms with Crippen LogP contribution in [-0.4, -0.2) is 20.8 Å². The second kappa shape index (κ2) is 11.9. The van der Waals surface area contributed by atoms with E-state index >= 15 is 0 Å². The van der Waals surface area contributed by atoms with E-state index in [-0.39, 0.29) is 29.5 Å². The quantitative estimate of drug-likeness (QED) is 0.106. The van der Waals surface area contributed by atoms with Crippen LogP contribution in [0.1, 0.15) is 43.1 Å². The summed E-state index contributed by atoms with van der Waals surface area (Å²) < 4.78 is 8.10. The van der Waals surface area contributed by atoms with E-state index in [1.54, 1.807) is 36.4 Å². The molecule has 0 radical (unpaired) electrons. The minimum atomic E-state index is -0.549. The zero-order chi connectivity index (χ0) is 27.6. The Balaban J connectivity index is 1.73. The molecular formula is C26H20Br2Cl2N4O4. The summed E-state index contributed by atoms with van der Waals surface area (Å²) in [6.07, 6.45) is 2.13. The zero-order valence-electron chi connectivity index (χ0n) is 20.1. The third kappa shape index (κ3) is 6.09. The number of fused-ring (bicyclic) bond motifs is 1. The van der Waals surface area contributed by atoms with Crippen LogP contribution in [0.4, 0.5) is 5.69 Å². The molecule has 4 rings (SSSR count). The molecule has 0 aliphatic heterocycles. The molecule has 196 valence electrons. The summed E-state index contributed by atoms with van der Waals surface area (Å²) in [7, 11) is 0. The molecular weight excluding hydrogens is 663 g/mol. The van der Waals surface area contributed by atoms with Gasteiger partial charge in [0.2, 0.25) is 5.75 Å². The van der Waals surface area contributed by atoms with Crippen molar-refractivity contribution in [1.82, 2.24) is 9.66 Å². The van der Waals surface area contributed by atoms with E-state index in [2.05, 4.69) is 41.9 Å². The highest BCUT2D eigenvalue weighted by atomic mass is 79.9. The van der Waals surface area contributed by atoms with Gasteiger partial charge in [-0.25, -0.2) is 4.98 Å². The second-order valence-corrected chi connectivity index (χ2v) is 11.0. The topological polar surface area (TPSA) is 99.6 Å². The van der Waals surface area contributed by atoms with Gasteiger partial charge in [-0.05, 0) is 58.7 Å². The lowest BCUT2D eigenvalue weighted by atomic mass is 10.1. The molecule has 0 bridgehead atoms. The molecule has 1 heterocycles. The van der Waals surface area contributed by atoms with E-state index in [4.69, 9.17) is 27.9 Å². The number of benzene rings is 3. The van der Waals surface area contributed by atoms with Crippen molar-refractivity contribution >= 4 is 77.9 Å². The van der Waals surface area contributed by atoms with Crippen LogP contribution in [0, 0.1) is 10.1 Å². The number of halogens is 4. The van der Waals surface area contributed by atoms with Crippen molar-refractivity contribution < 1.29 is 9.66 Å². The van der Waals surface area contributed by atoms with Gasteiger partial charge in [0.1, 0.15) is 12.4 Å². The van der Waals surface area contributed by atoms with Gasteiger partial charge >= 0.3 is 5.69 Å². The first-order valence-electron chi connectivity index (χ1n) is 11.4. The highest BCUT2D eigenvalue weighted by Crippen LogP contribution is 2.37. The van der Waals surface area contributed by atoms with E-state index in [1.807, 2.05) is 19.9 Å². The molecule has 1 aromatic heterocycles. The average molecular weight is 683 g/mol. The van der Waals surface area contributed by atoms with Gasteiger partial charge in [-0.1, -0.05) is 59.0 Å². The van der Waals surface area contributed by atoms with E-state index in [1.165, 1.54) is 17.0 Å².